The average molecular weight is 332 g/mol. The van der Waals surface area contributed by atoms with Gasteiger partial charge < -0.3 is 10.6 Å². The second-order valence-corrected chi connectivity index (χ2v) is 5.54. The van der Waals surface area contributed by atoms with Crippen molar-refractivity contribution in [2.45, 2.75) is 19.9 Å². The van der Waals surface area contributed by atoms with Crippen LogP contribution in [0.1, 0.15) is 12.5 Å². The first-order valence-electron chi connectivity index (χ1n) is 7.53. The number of nitrogens with zero attached hydrogens (tertiary/aromatic N) is 2. The molecule has 2 N–H and O–H groups in total. The maximum absolute atomic E-state index is 12.5. The predicted octanol–water partition coefficient (Wildman–Crippen LogP) is 0.0143. The molecule has 1 aliphatic rings. The summed E-state index contributed by atoms with van der Waals surface area (Å²) in [5.74, 6) is -1.38. The Bertz CT molecular complexity index is 671. The standard InChI is InChI=1S/C16H20N4O4/c1-10-4-6-12(7-5-10)20-11(2)15(23)19(16(20)24)9-14(22)18-8-13(21)17-3/h4-7,11H,8-9H2,1-3H3,(H,17,21)(H,18,22)/t11-/m1/s1. The van der Waals surface area contributed by atoms with E-state index in [4.69, 9.17) is 0 Å². The average Bonchev–Trinajstić information content (AvgIpc) is 2.77. The van der Waals surface area contributed by atoms with Crippen LogP contribution in [-0.2, 0) is 14.4 Å². The lowest BCUT2D eigenvalue weighted by molar-refractivity contribution is -0.132. The molecule has 1 fully saturated rings. The predicted molar refractivity (Wildman–Crippen MR) is 87.3 cm³/mol. The van der Waals surface area contributed by atoms with E-state index in [0.29, 0.717) is 5.69 Å². The highest BCUT2D eigenvalue weighted by Crippen LogP contribution is 2.25. The summed E-state index contributed by atoms with van der Waals surface area (Å²) in [4.78, 5) is 50.0. The first-order valence-corrected chi connectivity index (χ1v) is 7.53. The van der Waals surface area contributed by atoms with Crippen molar-refractivity contribution in [2.75, 3.05) is 25.0 Å². The molecule has 128 valence electrons. The lowest BCUT2D eigenvalue weighted by Crippen LogP contribution is -2.44. The first-order chi connectivity index (χ1) is 11.3. The molecular formula is C16H20N4O4. The fourth-order valence-electron chi connectivity index (χ4n) is 2.38. The van der Waals surface area contributed by atoms with Crippen molar-refractivity contribution in [3.63, 3.8) is 0 Å². The van der Waals surface area contributed by atoms with Crippen molar-refractivity contribution >= 4 is 29.4 Å². The molecule has 0 bridgehead atoms. The molecule has 1 heterocycles. The van der Waals surface area contributed by atoms with Gasteiger partial charge in [-0.15, -0.1) is 0 Å². The Morgan fingerprint density at radius 3 is 2.33 bits per heavy atom. The maximum Gasteiger partial charge on any atom is 0.332 e. The Morgan fingerprint density at radius 1 is 1.12 bits per heavy atom. The molecule has 0 saturated carbocycles. The molecule has 0 radical (unpaired) electrons. The molecule has 1 atom stereocenters. The second-order valence-electron chi connectivity index (χ2n) is 5.54. The molecule has 2 rings (SSSR count). The smallest absolute Gasteiger partial charge is 0.332 e. The number of urea groups is 1. The lowest BCUT2D eigenvalue weighted by atomic mass is 10.2. The molecule has 1 aromatic rings. The number of likely N-dealkylation sites (N-methyl/N-ethyl adjacent to an activating group) is 1. The number of benzene rings is 1. The van der Waals surface area contributed by atoms with Crippen LogP contribution in [0.3, 0.4) is 0 Å². The SMILES string of the molecule is CNC(=O)CNC(=O)CN1C(=O)[C@@H](C)N(c2ccc(C)cc2)C1=O. The van der Waals surface area contributed by atoms with Gasteiger partial charge in [-0.2, -0.15) is 0 Å². The highest BCUT2D eigenvalue weighted by atomic mass is 16.2. The molecule has 8 nitrogen and oxygen atoms in total. The number of imide groups is 1. The third-order valence-corrected chi connectivity index (χ3v) is 3.79. The first kappa shape index (κ1) is 17.5. The Kier molecular flexibility index (Phi) is 5.18. The number of amides is 5. The molecule has 8 heteroatoms. The summed E-state index contributed by atoms with van der Waals surface area (Å²) in [6.07, 6.45) is 0. The summed E-state index contributed by atoms with van der Waals surface area (Å²) in [6, 6.07) is 5.97. The van der Waals surface area contributed by atoms with E-state index < -0.39 is 30.4 Å². The van der Waals surface area contributed by atoms with Gasteiger partial charge in [0.25, 0.3) is 5.91 Å². The second kappa shape index (κ2) is 7.12. The fraction of sp³-hybridized carbons (Fsp3) is 0.375. The van der Waals surface area contributed by atoms with Crippen LogP contribution in [-0.4, -0.2) is 54.8 Å². The maximum atomic E-state index is 12.5. The van der Waals surface area contributed by atoms with Gasteiger partial charge in [0.2, 0.25) is 11.8 Å². The van der Waals surface area contributed by atoms with Gasteiger partial charge in [0.05, 0.1) is 6.54 Å². The van der Waals surface area contributed by atoms with E-state index in [2.05, 4.69) is 10.6 Å². The van der Waals surface area contributed by atoms with Gasteiger partial charge in [-0.05, 0) is 26.0 Å². The zero-order valence-corrected chi connectivity index (χ0v) is 13.8. The summed E-state index contributed by atoms with van der Waals surface area (Å²) in [7, 11) is 1.45. The minimum atomic E-state index is -0.688. The van der Waals surface area contributed by atoms with E-state index >= 15 is 0 Å². The quantitative estimate of drug-likeness (QED) is 0.742. The van der Waals surface area contributed by atoms with Gasteiger partial charge in [-0.25, -0.2) is 4.79 Å². The van der Waals surface area contributed by atoms with Gasteiger partial charge in [-0.3, -0.25) is 24.2 Å². The van der Waals surface area contributed by atoms with Crippen LogP contribution < -0.4 is 15.5 Å². The molecule has 24 heavy (non-hydrogen) atoms. The Morgan fingerprint density at radius 2 is 1.75 bits per heavy atom. The van der Waals surface area contributed by atoms with Crippen LogP contribution in [0.5, 0.6) is 0 Å². The minimum absolute atomic E-state index is 0.206. The summed E-state index contributed by atoms with van der Waals surface area (Å²) in [6.45, 7) is 2.92. The summed E-state index contributed by atoms with van der Waals surface area (Å²) >= 11 is 0. The molecule has 1 aliphatic heterocycles. The van der Waals surface area contributed by atoms with Crippen molar-refractivity contribution in [3.05, 3.63) is 29.8 Å². The topological polar surface area (TPSA) is 98.8 Å². The van der Waals surface area contributed by atoms with Gasteiger partial charge in [0.1, 0.15) is 12.6 Å². The van der Waals surface area contributed by atoms with E-state index in [9.17, 15) is 19.2 Å². The highest BCUT2D eigenvalue weighted by Gasteiger charge is 2.43. The van der Waals surface area contributed by atoms with E-state index in [-0.39, 0.29) is 12.5 Å². The van der Waals surface area contributed by atoms with Crippen molar-refractivity contribution in [3.8, 4) is 0 Å². The normalized spacial score (nSPS) is 17.2. The van der Waals surface area contributed by atoms with E-state index in [1.165, 1.54) is 11.9 Å². The zero-order chi connectivity index (χ0) is 17.9. The number of hydrogen-bond acceptors (Lipinski definition) is 4. The number of rotatable bonds is 5. The van der Waals surface area contributed by atoms with Crippen LogP contribution in [0.4, 0.5) is 10.5 Å². The number of aryl methyl sites for hydroxylation is 1. The van der Waals surface area contributed by atoms with Gasteiger partial charge >= 0.3 is 6.03 Å². The van der Waals surface area contributed by atoms with Crippen LogP contribution in [0.25, 0.3) is 0 Å². The van der Waals surface area contributed by atoms with E-state index in [1.807, 2.05) is 19.1 Å². The number of nitrogens with one attached hydrogen (secondary N) is 2. The molecule has 1 aromatic carbocycles. The summed E-state index contributed by atoms with van der Waals surface area (Å²) in [5.41, 5.74) is 1.63. The number of hydrogen-bond donors (Lipinski definition) is 2. The van der Waals surface area contributed by atoms with Crippen molar-refractivity contribution in [2.24, 2.45) is 0 Å². The number of carbonyl (C=O) groups is 4. The van der Waals surface area contributed by atoms with Crippen LogP contribution in [0.15, 0.2) is 24.3 Å². The lowest BCUT2D eigenvalue weighted by Gasteiger charge is -2.19. The molecular weight excluding hydrogens is 312 g/mol. The number of anilines is 1. The Labute approximate surface area is 139 Å². The van der Waals surface area contributed by atoms with Gasteiger partial charge in [0.15, 0.2) is 0 Å². The van der Waals surface area contributed by atoms with Crippen LogP contribution in [0.2, 0.25) is 0 Å². The monoisotopic (exact) mass is 332 g/mol. The Balaban J connectivity index is 2.08. The highest BCUT2D eigenvalue weighted by molar-refractivity contribution is 6.15. The minimum Gasteiger partial charge on any atom is -0.358 e. The van der Waals surface area contributed by atoms with Crippen molar-refractivity contribution in [1.82, 2.24) is 15.5 Å². The fourth-order valence-corrected chi connectivity index (χ4v) is 2.38. The molecule has 0 unspecified atom stereocenters. The third kappa shape index (κ3) is 3.53. The van der Waals surface area contributed by atoms with E-state index in [1.54, 1.807) is 19.1 Å². The largest absolute Gasteiger partial charge is 0.358 e. The Hall–Kier alpha value is -2.90. The summed E-state index contributed by atoms with van der Waals surface area (Å²) in [5, 5.41) is 4.72. The molecule has 0 spiro atoms. The van der Waals surface area contributed by atoms with Gasteiger partial charge in [-0.1, -0.05) is 17.7 Å². The van der Waals surface area contributed by atoms with Crippen LogP contribution in [0, 0.1) is 6.92 Å². The molecule has 1 saturated heterocycles. The summed E-state index contributed by atoms with van der Waals surface area (Å²) < 4.78 is 0. The molecule has 5 amide bonds. The van der Waals surface area contributed by atoms with Crippen LogP contribution >= 0.6 is 0 Å². The number of carbonyl (C=O) groups excluding carboxylic acids is 4. The van der Waals surface area contributed by atoms with E-state index in [0.717, 1.165) is 10.5 Å². The van der Waals surface area contributed by atoms with Gasteiger partial charge in [0, 0.05) is 12.7 Å². The zero-order valence-electron chi connectivity index (χ0n) is 13.8. The molecule has 0 aliphatic carbocycles. The molecule has 0 aromatic heterocycles. The van der Waals surface area contributed by atoms with Crippen molar-refractivity contribution in [1.29, 1.82) is 0 Å². The third-order valence-electron chi connectivity index (χ3n) is 3.79. The van der Waals surface area contributed by atoms with Crippen molar-refractivity contribution < 1.29 is 19.2 Å².